The van der Waals surface area contributed by atoms with Crippen LogP contribution < -0.4 is 0 Å². The van der Waals surface area contributed by atoms with Crippen molar-refractivity contribution in [1.82, 2.24) is 9.97 Å². The van der Waals surface area contributed by atoms with Gasteiger partial charge in [-0.15, -0.1) is 0 Å². The molecule has 1 aromatic heterocycles. The molecule has 0 saturated carbocycles. The predicted molar refractivity (Wildman–Crippen MR) is 71.2 cm³/mol. The van der Waals surface area contributed by atoms with E-state index >= 15 is 0 Å². The van der Waals surface area contributed by atoms with Gasteiger partial charge in [0.1, 0.15) is 5.82 Å². The summed E-state index contributed by atoms with van der Waals surface area (Å²) in [5, 5.41) is 0.621. The SMILES string of the molecule is Cc1ccc(-c2nc3cc(F)c(F)cc3[nH]2)cc1Cl. The topological polar surface area (TPSA) is 28.7 Å². The monoisotopic (exact) mass is 278 g/mol. The molecule has 0 saturated heterocycles. The van der Waals surface area contributed by atoms with Crippen molar-refractivity contribution >= 4 is 22.6 Å². The molecule has 0 radical (unpaired) electrons. The summed E-state index contributed by atoms with van der Waals surface area (Å²) in [6, 6.07) is 7.65. The first-order chi connectivity index (χ1) is 9.04. The first-order valence-corrected chi connectivity index (χ1v) is 6.03. The maximum atomic E-state index is 13.1. The second-order valence-electron chi connectivity index (χ2n) is 4.33. The highest BCUT2D eigenvalue weighted by molar-refractivity contribution is 6.31. The molecule has 19 heavy (non-hydrogen) atoms. The zero-order valence-electron chi connectivity index (χ0n) is 9.97. The molecule has 0 aliphatic carbocycles. The lowest BCUT2D eigenvalue weighted by atomic mass is 10.1. The lowest BCUT2D eigenvalue weighted by Gasteiger charge is -2.00. The van der Waals surface area contributed by atoms with Crippen molar-refractivity contribution in [2.45, 2.75) is 6.92 Å². The van der Waals surface area contributed by atoms with Crippen LogP contribution in [0.25, 0.3) is 22.4 Å². The fourth-order valence-electron chi connectivity index (χ4n) is 1.88. The normalized spacial score (nSPS) is 11.2. The quantitative estimate of drug-likeness (QED) is 0.699. The fourth-order valence-corrected chi connectivity index (χ4v) is 2.06. The van der Waals surface area contributed by atoms with Gasteiger partial charge in [0.15, 0.2) is 11.6 Å². The Balaban J connectivity index is 2.17. The molecule has 1 heterocycles. The molecular weight excluding hydrogens is 270 g/mol. The summed E-state index contributed by atoms with van der Waals surface area (Å²) >= 11 is 6.05. The lowest BCUT2D eigenvalue weighted by Crippen LogP contribution is -1.82. The number of aryl methyl sites for hydroxylation is 1. The smallest absolute Gasteiger partial charge is 0.161 e. The molecule has 0 bridgehead atoms. The third-order valence-electron chi connectivity index (χ3n) is 2.97. The van der Waals surface area contributed by atoms with E-state index in [2.05, 4.69) is 9.97 Å². The second kappa shape index (κ2) is 4.31. The summed E-state index contributed by atoms with van der Waals surface area (Å²) in [5.41, 5.74) is 2.56. The average Bonchev–Trinajstić information content (AvgIpc) is 2.76. The molecule has 0 aliphatic rings. The van der Waals surface area contributed by atoms with Gasteiger partial charge in [-0.1, -0.05) is 23.7 Å². The molecule has 2 nitrogen and oxygen atoms in total. The maximum absolute atomic E-state index is 13.1. The number of halogens is 3. The number of hydrogen-bond donors (Lipinski definition) is 1. The minimum Gasteiger partial charge on any atom is -0.338 e. The van der Waals surface area contributed by atoms with Crippen molar-refractivity contribution in [3.8, 4) is 11.4 Å². The van der Waals surface area contributed by atoms with Crippen LogP contribution in [0.3, 0.4) is 0 Å². The summed E-state index contributed by atoms with van der Waals surface area (Å²) in [6.45, 7) is 1.90. The van der Waals surface area contributed by atoms with E-state index in [1.165, 1.54) is 0 Å². The van der Waals surface area contributed by atoms with Crippen LogP contribution in [-0.2, 0) is 0 Å². The molecule has 0 atom stereocenters. The van der Waals surface area contributed by atoms with Gasteiger partial charge in [0.25, 0.3) is 0 Å². The molecule has 0 amide bonds. The Morgan fingerprint density at radius 3 is 2.58 bits per heavy atom. The van der Waals surface area contributed by atoms with Gasteiger partial charge in [0.05, 0.1) is 11.0 Å². The third kappa shape index (κ3) is 2.08. The Morgan fingerprint density at radius 2 is 1.84 bits per heavy atom. The van der Waals surface area contributed by atoms with Gasteiger partial charge in [-0.05, 0) is 18.6 Å². The molecule has 0 spiro atoms. The van der Waals surface area contributed by atoms with Crippen molar-refractivity contribution < 1.29 is 8.78 Å². The summed E-state index contributed by atoms with van der Waals surface area (Å²) in [5.74, 6) is -1.28. The largest absolute Gasteiger partial charge is 0.338 e. The van der Waals surface area contributed by atoms with Gasteiger partial charge in [-0.25, -0.2) is 13.8 Å². The minimum atomic E-state index is -0.910. The van der Waals surface area contributed by atoms with Crippen molar-refractivity contribution in [2.75, 3.05) is 0 Å². The molecule has 3 aromatic rings. The second-order valence-corrected chi connectivity index (χ2v) is 4.74. The average molecular weight is 279 g/mol. The molecule has 96 valence electrons. The van der Waals surface area contributed by atoms with Crippen LogP contribution in [0.2, 0.25) is 5.02 Å². The highest BCUT2D eigenvalue weighted by Crippen LogP contribution is 2.26. The van der Waals surface area contributed by atoms with E-state index in [0.717, 1.165) is 23.3 Å². The molecule has 0 unspecified atom stereocenters. The Bertz CT molecular complexity index is 741. The molecular formula is C14H9ClF2N2. The van der Waals surface area contributed by atoms with E-state index in [1.54, 1.807) is 6.07 Å². The van der Waals surface area contributed by atoms with Crippen molar-refractivity contribution in [1.29, 1.82) is 0 Å². The van der Waals surface area contributed by atoms with Gasteiger partial charge >= 0.3 is 0 Å². The van der Waals surface area contributed by atoms with Gasteiger partial charge in [-0.2, -0.15) is 0 Å². The maximum Gasteiger partial charge on any atom is 0.161 e. The van der Waals surface area contributed by atoms with E-state index in [9.17, 15) is 8.78 Å². The molecule has 1 N–H and O–H groups in total. The number of nitrogens with zero attached hydrogens (tertiary/aromatic N) is 1. The highest BCUT2D eigenvalue weighted by Gasteiger charge is 2.10. The van der Waals surface area contributed by atoms with Gasteiger partial charge < -0.3 is 4.98 Å². The Hall–Kier alpha value is -1.94. The van der Waals surface area contributed by atoms with E-state index in [0.29, 0.717) is 21.9 Å². The number of aromatic amines is 1. The van der Waals surface area contributed by atoms with Crippen LogP contribution in [0.15, 0.2) is 30.3 Å². The van der Waals surface area contributed by atoms with E-state index < -0.39 is 11.6 Å². The van der Waals surface area contributed by atoms with E-state index in [-0.39, 0.29) is 0 Å². The van der Waals surface area contributed by atoms with Gasteiger partial charge in [-0.3, -0.25) is 0 Å². The Morgan fingerprint density at radius 1 is 1.11 bits per heavy atom. The number of H-pyrrole nitrogens is 1. The first kappa shape index (κ1) is 12.1. The summed E-state index contributed by atoms with van der Waals surface area (Å²) < 4.78 is 26.3. The van der Waals surface area contributed by atoms with E-state index in [4.69, 9.17) is 11.6 Å². The number of aromatic nitrogens is 2. The zero-order valence-corrected chi connectivity index (χ0v) is 10.7. The molecule has 5 heteroatoms. The molecule has 3 rings (SSSR count). The van der Waals surface area contributed by atoms with Crippen molar-refractivity contribution in [3.63, 3.8) is 0 Å². The fraction of sp³-hybridized carbons (Fsp3) is 0.0714. The number of imidazole rings is 1. The Kier molecular flexibility index (Phi) is 2.75. The lowest BCUT2D eigenvalue weighted by molar-refractivity contribution is 0.510. The summed E-state index contributed by atoms with van der Waals surface area (Å²) in [6.07, 6.45) is 0. The number of rotatable bonds is 1. The van der Waals surface area contributed by atoms with Crippen molar-refractivity contribution in [2.24, 2.45) is 0 Å². The standard InChI is InChI=1S/C14H9ClF2N2/c1-7-2-3-8(4-9(7)15)14-18-12-5-10(16)11(17)6-13(12)19-14/h2-6H,1H3,(H,18,19). The number of benzene rings is 2. The van der Waals surface area contributed by atoms with Crippen LogP contribution in [0.4, 0.5) is 8.78 Å². The van der Waals surface area contributed by atoms with Crippen LogP contribution in [0, 0.1) is 18.6 Å². The summed E-state index contributed by atoms with van der Waals surface area (Å²) in [4.78, 5) is 7.18. The van der Waals surface area contributed by atoms with Crippen LogP contribution >= 0.6 is 11.6 Å². The molecule has 2 aromatic carbocycles. The highest BCUT2D eigenvalue weighted by atomic mass is 35.5. The van der Waals surface area contributed by atoms with Gasteiger partial charge in [0, 0.05) is 22.7 Å². The van der Waals surface area contributed by atoms with Crippen LogP contribution in [0.5, 0.6) is 0 Å². The number of nitrogens with one attached hydrogen (secondary N) is 1. The third-order valence-corrected chi connectivity index (χ3v) is 3.38. The Labute approximate surface area is 113 Å². The predicted octanol–water partition coefficient (Wildman–Crippen LogP) is 4.47. The van der Waals surface area contributed by atoms with Crippen LogP contribution in [0.1, 0.15) is 5.56 Å². The van der Waals surface area contributed by atoms with Crippen molar-refractivity contribution in [3.05, 3.63) is 52.6 Å². The molecule has 0 fully saturated rings. The number of hydrogen-bond acceptors (Lipinski definition) is 1. The zero-order chi connectivity index (χ0) is 13.6. The summed E-state index contributed by atoms with van der Waals surface area (Å²) in [7, 11) is 0. The first-order valence-electron chi connectivity index (χ1n) is 5.66. The van der Waals surface area contributed by atoms with Crippen LogP contribution in [-0.4, -0.2) is 9.97 Å². The van der Waals surface area contributed by atoms with E-state index in [1.807, 2.05) is 19.1 Å². The van der Waals surface area contributed by atoms with Gasteiger partial charge in [0.2, 0.25) is 0 Å². The molecule has 0 aliphatic heterocycles. The minimum absolute atomic E-state index is 0.380. The number of fused-ring (bicyclic) bond motifs is 1.